The summed E-state index contributed by atoms with van der Waals surface area (Å²) in [5, 5.41) is -0.241. The molecule has 174 valence electrons. The van der Waals surface area contributed by atoms with Crippen LogP contribution in [0.2, 0.25) is 5.02 Å². The number of thioether (sulfide) groups is 1. The van der Waals surface area contributed by atoms with Gasteiger partial charge in [-0.25, -0.2) is 4.79 Å². The Morgan fingerprint density at radius 1 is 1.21 bits per heavy atom. The second kappa shape index (κ2) is 10.8. The molecule has 0 spiro atoms. The first kappa shape index (κ1) is 24.7. The lowest BCUT2D eigenvalue weighted by molar-refractivity contribution is -0.150. The number of amides is 2. The zero-order valence-electron chi connectivity index (χ0n) is 18.7. The van der Waals surface area contributed by atoms with Gasteiger partial charge in [0.1, 0.15) is 12.6 Å². The second-order valence-electron chi connectivity index (χ2n) is 7.29. The fraction of sp³-hybridized carbons (Fsp3) is 0.292. The van der Waals surface area contributed by atoms with E-state index in [1.807, 2.05) is 31.2 Å². The normalized spacial score (nSPS) is 15.7. The highest BCUT2D eigenvalue weighted by molar-refractivity contribution is 8.18. The van der Waals surface area contributed by atoms with Gasteiger partial charge >= 0.3 is 5.97 Å². The zero-order chi connectivity index (χ0) is 24.1. The third-order valence-electron chi connectivity index (χ3n) is 4.89. The zero-order valence-corrected chi connectivity index (χ0v) is 20.3. The number of imide groups is 1. The van der Waals surface area contributed by atoms with Gasteiger partial charge in [-0.1, -0.05) is 41.4 Å². The molecule has 0 aromatic heterocycles. The summed E-state index contributed by atoms with van der Waals surface area (Å²) in [5.74, 6) is -0.443. The van der Waals surface area contributed by atoms with Gasteiger partial charge in [-0.15, -0.1) is 0 Å². The van der Waals surface area contributed by atoms with E-state index in [2.05, 4.69) is 0 Å². The van der Waals surface area contributed by atoms with Gasteiger partial charge in [0.2, 0.25) is 0 Å². The van der Waals surface area contributed by atoms with Crippen molar-refractivity contribution >= 4 is 46.6 Å². The molecule has 7 nitrogen and oxygen atoms in total. The average molecular weight is 490 g/mol. The number of esters is 1. The SMILES string of the molecule is CCOC(=O)[C@@H](C)N1C(=O)S/C(=C/c2cc(Cl)c(OCc3ccc(C)cc3)c(OC)c2)C1=O. The van der Waals surface area contributed by atoms with Crippen LogP contribution in [0.3, 0.4) is 0 Å². The first-order valence-corrected chi connectivity index (χ1v) is 11.4. The highest BCUT2D eigenvalue weighted by atomic mass is 35.5. The Labute approximate surface area is 201 Å². The van der Waals surface area contributed by atoms with E-state index in [0.29, 0.717) is 28.7 Å². The molecule has 0 unspecified atom stereocenters. The molecule has 0 aliphatic carbocycles. The Morgan fingerprint density at radius 3 is 2.55 bits per heavy atom. The molecule has 2 aromatic rings. The molecule has 1 aliphatic rings. The monoisotopic (exact) mass is 489 g/mol. The molecule has 1 fully saturated rings. The lowest BCUT2D eigenvalue weighted by Crippen LogP contribution is -2.42. The van der Waals surface area contributed by atoms with Crippen LogP contribution < -0.4 is 9.47 Å². The first-order chi connectivity index (χ1) is 15.7. The number of benzene rings is 2. The number of carbonyl (C=O) groups excluding carboxylic acids is 3. The van der Waals surface area contributed by atoms with Crippen molar-refractivity contribution in [3.05, 3.63) is 63.0 Å². The van der Waals surface area contributed by atoms with Crippen LogP contribution in [0.4, 0.5) is 4.79 Å². The standard InChI is InChI=1S/C24H24ClNO6S/c1-5-31-23(28)15(3)26-22(27)20(33-24(26)29)12-17-10-18(25)21(19(11-17)30-4)32-13-16-8-6-14(2)7-9-16/h6-12,15H,5,13H2,1-4H3/b20-12+/t15-/m1/s1. The summed E-state index contributed by atoms with van der Waals surface area (Å²) >= 11 is 7.19. The van der Waals surface area contributed by atoms with Crippen LogP contribution in [-0.4, -0.2) is 41.8 Å². The lowest BCUT2D eigenvalue weighted by atomic mass is 10.1. The van der Waals surface area contributed by atoms with Crippen LogP contribution in [0.25, 0.3) is 6.08 Å². The van der Waals surface area contributed by atoms with Gasteiger partial charge in [0.05, 0.1) is 23.6 Å². The number of nitrogens with zero attached hydrogens (tertiary/aromatic N) is 1. The first-order valence-electron chi connectivity index (χ1n) is 10.2. The van der Waals surface area contributed by atoms with Crippen molar-refractivity contribution in [3.8, 4) is 11.5 Å². The molecule has 33 heavy (non-hydrogen) atoms. The molecule has 0 radical (unpaired) electrons. The molecule has 1 aliphatic heterocycles. The Hall–Kier alpha value is -2.97. The van der Waals surface area contributed by atoms with Gasteiger partial charge in [-0.3, -0.25) is 14.5 Å². The number of rotatable bonds is 8. The minimum atomic E-state index is -1.01. The number of halogens is 1. The minimum Gasteiger partial charge on any atom is -0.493 e. The van der Waals surface area contributed by atoms with Crippen molar-refractivity contribution in [2.45, 2.75) is 33.4 Å². The number of aryl methyl sites for hydroxylation is 1. The third-order valence-corrected chi connectivity index (χ3v) is 6.06. The van der Waals surface area contributed by atoms with Crippen molar-refractivity contribution in [2.75, 3.05) is 13.7 Å². The maximum atomic E-state index is 12.8. The smallest absolute Gasteiger partial charge is 0.329 e. The molecule has 1 saturated heterocycles. The summed E-state index contributed by atoms with van der Waals surface area (Å²) in [7, 11) is 1.49. The van der Waals surface area contributed by atoms with Gasteiger partial charge in [0, 0.05) is 0 Å². The van der Waals surface area contributed by atoms with Crippen LogP contribution >= 0.6 is 23.4 Å². The molecule has 2 amide bonds. The number of ether oxygens (including phenoxy) is 3. The van der Waals surface area contributed by atoms with Crippen molar-refractivity contribution in [1.29, 1.82) is 0 Å². The van der Waals surface area contributed by atoms with Crippen molar-refractivity contribution in [2.24, 2.45) is 0 Å². The number of hydrogen-bond acceptors (Lipinski definition) is 7. The van der Waals surface area contributed by atoms with Crippen LogP contribution in [0.15, 0.2) is 41.3 Å². The van der Waals surface area contributed by atoms with Crippen molar-refractivity contribution < 1.29 is 28.6 Å². The Morgan fingerprint density at radius 2 is 1.91 bits per heavy atom. The van der Waals surface area contributed by atoms with Crippen LogP contribution in [0.5, 0.6) is 11.5 Å². The molecule has 0 bridgehead atoms. The van der Waals surface area contributed by atoms with Gasteiger partial charge in [-0.05, 0) is 61.9 Å². The summed E-state index contributed by atoms with van der Waals surface area (Å²) in [6.07, 6.45) is 1.53. The number of methoxy groups -OCH3 is 1. The van der Waals surface area contributed by atoms with E-state index in [1.165, 1.54) is 20.1 Å². The summed E-state index contributed by atoms with van der Waals surface area (Å²) < 4.78 is 16.2. The van der Waals surface area contributed by atoms with E-state index >= 15 is 0 Å². The van der Waals surface area contributed by atoms with E-state index in [1.54, 1.807) is 19.1 Å². The highest BCUT2D eigenvalue weighted by Crippen LogP contribution is 2.39. The molecule has 3 rings (SSSR count). The fourth-order valence-electron chi connectivity index (χ4n) is 3.14. The molecule has 1 atom stereocenters. The quantitative estimate of drug-likeness (QED) is 0.371. The lowest BCUT2D eigenvalue weighted by Gasteiger charge is -2.19. The third kappa shape index (κ3) is 5.69. The Bertz CT molecular complexity index is 1100. The molecule has 9 heteroatoms. The highest BCUT2D eigenvalue weighted by Gasteiger charge is 2.41. The van der Waals surface area contributed by atoms with E-state index in [-0.39, 0.29) is 11.5 Å². The number of hydrogen-bond donors (Lipinski definition) is 0. The molecule has 0 N–H and O–H groups in total. The fourth-order valence-corrected chi connectivity index (χ4v) is 4.32. The van der Waals surface area contributed by atoms with E-state index in [9.17, 15) is 14.4 Å². The molecule has 2 aromatic carbocycles. The van der Waals surface area contributed by atoms with E-state index < -0.39 is 23.2 Å². The average Bonchev–Trinajstić information content (AvgIpc) is 3.06. The predicted molar refractivity (Wildman–Crippen MR) is 127 cm³/mol. The molecule has 0 saturated carbocycles. The van der Waals surface area contributed by atoms with E-state index in [4.69, 9.17) is 25.8 Å². The van der Waals surface area contributed by atoms with Gasteiger partial charge in [0.25, 0.3) is 11.1 Å². The molecule has 1 heterocycles. The number of carbonyl (C=O) groups is 3. The van der Waals surface area contributed by atoms with Crippen molar-refractivity contribution in [3.63, 3.8) is 0 Å². The molecular weight excluding hydrogens is 466 g/mol. The van der Waals surface area contributed by atoms with Gasteiger partial charge < -0.3 is 14.2 Å². The summed E-state index contributed by atoms with van der Waals surface area (Å²) in [6.45, 7) is 5.59. The van der Waals surface area contributed by atoms with Gasteiger partial charge in [-0.2, -0.15) is 0 Å². The maximum absolute atomic E-state index is 12.8. The van der Waals surface area contributed by atoms with Crippen LogP contribution in [0, 0.1) is 6.92 Å². The van der Waals surface area contributed by atoms with Crippen LogP contribution in [0.1, 0.15) is 30.5 Å². The summed E-state index contributed by atoms with van der Waals surface area (Å²) in [4.78, 5) is 38.2. The minimum absolute atomic E-state index is 0.159. The Kier molecular flexibility index (Phi) is 8.05. The van der Waals surface area contributed by atoms with E-state index in [0.717, 1.165) is 27.8 Å². The Balaban J connectivity index is 1.81. The van der Waals surface area contributed by atoms with Gasteiger partial charge in [0.15, 0.2) is 11.5 Å². The van der Waals surface area contributed by atoms with Crippen LogP contribution in [-0.2, 0) is 20.9 Å². The summed E-state index contributed by atoms with van der Waals surface area (Å²) in [5.41, 5.74) is 2.68. The van der Waals surface area contributed by atoms with Crippen molar-refractivity contribution in [1.82, 2.24) is 4.90 Å². The maximum Gasteiger partial charge on any atom is 0.329 e. The largest absolute Gasteiger partial charge is 0.493 e. The molecular formula is C24H24ClNO6S. The second-order valence-corrected chi connectivity index (χ2v) is 8.69. The summed E-state index contributed by atoms with van der Waals surface area (Å²) in [6, 6.07) is 10.2. The topological polar surface area (TPSA) is 82.1 Å². The predicted octanol–water partition coefficient (Wildman–Crippen LogP) is 5.22.